The summed E-state index contributed by atoms with van der Waals surface area (Å²) in [5.41, 5.74) is 6.76. The summed E-state index contributed by atoms with van der Waals surface area (Å²) in [5, 5.41) is 9.12. The second kappa shape index (κ2) is 5.05. The summed E-state index contributed by atoms with van der Waals surface area (Å²) in [5.74, 6) is 0.758. The Hall–Kier alpha value is -1.76. The SMILES string of the molecule is CN(c1ncc(N)cc1C#N)C1CCCCC1. The van der Waals surface area contributed by atoms with E-state index in [0.717, 1.165) is 5.82 Å². The zero-order valence-electron chi connectivity index (χ0n) is 10.2. The number of anilines is 2. The number of nitrogens with two attached hydrogens (primary N) is 1. The van der Waals surface area contributed by atoms with Crippen LogP contribution in [0.25, 0.3) is 0 Å². The van der Waals surface area contributed by atoms with Crippen LogP contribution in [0.5, 0.6) is 0 Å². The minimum absolute atomic E-state index is 0.506. The molecule has 1 aromatic rings. The quantitative estimate of drug-likeness (QED) is 0.846. The van der Waals surface area contributed by atoms with Crippen LogP contribution in [0.1, 0.15) is 37.7 Å². The van der Waals surface area contributed by atoms with Gasteiger partial charge in [-0.05, 0) is 18.9 Å². The predicted molar refractivity (Wildman–Crippen MR) is 68.6 cm³/mol. The van der Waals surface area contributed by atoms with Crippen LogP contribution in [0.15, 0.2) is 12.3 Å². The molecule has 90 valence electrons. The van der Waals surface area contributed by atoms with E-state index in [4.69, 9.17) is 11.0 Å². The van der Waals surface area contributed by atoms with Gasteiger partial charge in [-0.2, -0.15) is 5.26 Å². The monoisotopic (exact) mass is 230 g/mol. The van der Waals surface area contributed by atoms with Gasteiger partial charge < -0.3 is 10.6 Å². The second-order valence-corrected chi connectivity index (χ2v) is 4.65. The highest BCUT2D eigenvalue weighted by molar-refractivity contribution is 5.58. The van der Waals surface area contributed by atoms with Gasteiger partial charge in [0.2, 0.25) is 0 Å². The number of rotatable bonds is 2. The third-order valence-corrected chi connectivity index (χ3v) is 3.46. The lowest BCUT2D eigenvalue weighted by molar-refractivity contribution is 0.426. The molecule has 4 heteroatoms. The van der Waals surface area contributed by atoms with Crippen LogP contribution in [0.4, 0.5) is 11.5 Å². The molecule has 0 unspecified atom stereocenters. The molecule has 1 heterocycles. The van der Waals surface area contributed by atoms with Crippen molar-refractivity contribution in [2.45, 2.75) is 38.1 Å². The van der Waals surface area contributed by atoms with E-state index >= 15 is 0 Å². The van der Waals surface area contributed by atoms with Crippen molar-refractivity contribution in [1.29, 1.82) is 5.26 Å². The van der Waals surface area contributed by atoms with E-state index in [1.54, 1.807) is 12.3 Å². The highest BCUT2D eigenvalue weighted by Crippen LogP contribution is 2.27. The fourth-order valence-corrected chi connectivity index (χ4v) is 2.48. The molecule has 0 bridgehead atoms. The van der Waals surface area contributed by atoms with Gasteiger partial charge in [-0.1, -0.05) is 19.3 Å². The van der Waals surface area contributed by atoms with Crippen LogP contribution in [0.3, 0.4) is 0 Å². The van der Waals surface area contributed by atoms with Crippen LogP contribution < -0.4 is 10.6 Å². The number of hydrogen-bond acceptors (Lipinski definition) is 4. The Morgan fingerprint density at radius 1 is 1.41 bits per heavy atom. The minimum atomic E-state index is 0.506. The number of hydrogen-bond donors (Lipinski definition) is 1. The molecule has 0 aromatic carbocycles. The van der Waals surface area contributed by atoms with E-state index in [9.17, 15) is 0 Å². The van der Waals surface area contributed by atoms with Gasteiger partial charge in [0, 0.05) is 13.1 Å². The Kier molecular flexibility index (Phi) is 3.48. The molecule has 1 aromatic heterocycles. The molecule has 0 spiro atoms. The first-order valence-corrected chi connectivity index (χ1v) is 6.11. The average molecular weight is 230 g/mol. The summed E-state index contributed by atoms with van der Waals surface area (Å²) in [6.07, 6.45) is 7.86. The Labute approximate surface area is 102 Å². The molecule has 1 fully saturated rings. The lowest BCUT2D eigenvalue weighted by Crippen LogP contribution is -2.34. The van der Waals surface area contributed by atoms with E-state index in [1.165, 1.54) is 32.1 Å². The molecule has 0 radical (unpaired) electrons. The molecule has 1 saturated carbocycles. The maximum atomic E-state index is 9.12. The Bertz CT molecular complexity index is 430. The summed E-state index contributed by atoms with van der Waals surface area (Å²) in [7, 11) is 2.02. The summed E-state index contributed by atoms with van der Waals surface area (Å²) < 4.78 is 0. The lowest BCUT2D eigenvalue weighted by atomic mass is 9.94. The highest BCUT2D eigenvalue weighted by Gasteiger charge is 2.21. The zero-order chi connectivity index (χ0) is 12.3. The fraction of sp³-hybridized carbons (Fsp3) is 0.538. The second-order valence-electron chi connectivity index (χ2n) is 4.65. The molecule has 0 aliphatic heterocycles. The number of aromatic nitrogens is 1. The van der Waals surface area contributed by atoms with Crippen molar-refractivity contribution in [2.24, 2.45) is 0 Å². The van der Waals surface area contributed by atoms with E-state index in [2.05, 4.69) is 16.0 Å². The number of nitrogens with zero attached hydrogens (tertiary/aromatic N) is 3. The molecule has 1 aliphatic carbocycles. The molecular weight excluding hydrogens is 212 g/mol. The van der Waals surface area contributed by atoms with Gasteiger partial charge in [-0.3, -0.25) is 0 Å². The summed E-state index contributed by atoms with van der Waals surface area (Å²) in [4.78, 5) is 6.44. The summed E-state index contributed by atoms with van der Waals surface area (Å²) in [6.45, 7) is 0. The normalized spacial score (nSPS) is 16.5. The topological polar surface area (TPSA) is 65.9 Å². The lowest BCUT2D eigenvalue weighted by Gasteiger charge is -2.32. The maximum Gasteiger partial charge on any atom is 0.146 e. The number of nitrogen functional groups attached to an aromatic ring is 1. The first-order valence-electron chi connectivity index (χ1n) is 6.11. The van der Waals surface area contributed by atoms with Gasteiger partial charge in [0.05, 0.1) is 17.4 Å². The zero-order valence-corrected chi connectivity index (χ0v) is 10.2. The van der Waals surface area contributed by atoms with Gasteiger partial charge in [0.25, 0.3) is 0 Å². The van der Waals surface area contributed by atoms with Gasteiger partial charge in [-0.25, -0.2) is 4.98 Å². The van der Waals surface area contributed by atoms with Gasteiger partial charge >= 0.3 is 0 Å². The number of nitriles is 1. The highest BCUT2D eigenvalue weighted by atomic mass is 15.2. The molecule has 1 aliphatic rings. The van der Waals surface area contributed by atoms with Crippen LogP contribution in [0, 0.1) is 11.3 Å². The van der Waals surface area contributed by atoms with E-state index in [-0.39, 0.29) is 0 Å². The van der Waals surface area contributed by atoms with Gasteiger partial charge in [-0.15, -0.1) is 0 Å². The standard InChI is InChI=1S/C13H18N4/c1-17(12-5-3-2-4-6-12)13-10(8-14)7-11(15)9-16-13/h7,9,12H,2-6,15H2,1H3. The van der Waals surface area contributed by atoms with E-state index in [1.807, 2.05) is 7.05 Å². The summed E-state index contributed by atoms with van der Waals surface area (Å²) >= 11 is 0. The van der Waals surface area contributed by atoms with Crippen molar-refractivity contribution >= 4 is 11.5 Å². The molecule has 17 heavy (non-hydrogen) atoms. The van der Waals surface area contributed by atoms with Crippen molar-refractivity contribution in [3.05, 3.63) is 17.8 Å². The molecule has 2 rings (SSSR count). The van der Waals surface area contributed by atoms with Crippen LogP contribution >= 0.6 is 0 Å². The average Bonchev–Trinajstić information content (AvgIpc) is 2.39. The number of pyridine rings is 1. The van der Waals surface area contributed by atoms with Gasteiger partial charge in [0.15, 0.2) is 0 Å². The van der Waals surface area contributed by atoms with Crippen molar-refractivity contribution < 1.29 is 0 Å². The fourth-order valence-electron chi connectivity index (χ4n) is 2.48. The molecule has 0 amide bonds. The largest absolute Gasteiger partial charge is 0.397 e. The molecular formula is C13H18N4. The van der Waals surface area contributed by atoms with Crippen LogP contribution in [-0.4, -0.2) is 18.1 Å². The van der Waals surface area contributed by atoms with Crippen molar-refractivity contribution in [2.75, 3.05) is 17.7 Å². The van der Waals surface area contributed by atoms with Crippen molar-refractivity contribution in [3.8, 4) is 6.07 Å². The Balaban J connectivity index is 2.23. The smallest absolute Gasteiger partial charge is 0.146 e. The molecule has 2 N–H and O–H groups in total. The van der Waals surface area contributed by atoms with Crippen molar-refractivity contribution in [3.63, 3.8) is 0 Å². The van der Waals surface area contributed by atoms with Crippen molar-refractivity contribution in [1.82, 2.24) is 4.98 Å². The van der Waals surface area contributed by atoms with E-state index in [0.29, 0.717) is 17.3 Å². The van der Waals surface area contributed by atoms with Crippen LogP contribution in [-0.2, 0) is 0 Å². The third-order valence-electron chi connectivity index (χ3n) is 3.46. The Morgan fingerprint density at radius 2 is 2.12 bits per heavy atom. The Morgan fingerprint density at radius 3 is 2.76 bits per heavy atom. The van der Waals surface area contributed by atoms with Gasteiger partial charge in [0.1, 0.15) is 11.9 Å². The minimum Gasteiger partial charge on any atom is -0.397 e. The van der Waals surface area contributed by atoms with Crippen LogP contribution in [0.2, 0.25) is 0 Å². The van der Waals surface area contributed by atoms with E-state index < -0.39 is 0 Å². The third kappa shape index (κ3) is 2.50. The molecule has 0 atom stereocenters. The molecule has 0 saturated heterocycles. The first-order chi connectivity index (χ1) is 8.22. The molecule has 4 nitrogen and oxygen atoms in total. The maximum absolute atomic E-state index is 9.12. The summed E-state index contributed by atoms with van der Waals surface area (Å²) in [6, 6.07) is 4.37. The predicted octanol–water partition coefficient (Wildman–Crippen LogP) is 2.30. The first kappa shape index (κ1) is 11.7.